The lowest BCUT2D eigenvalue weighted by Gasteiger charge is -2.18. The van der Waals surface area contributed by atoms with Crippen LogP contribution in [-0.4, -0.2) is 22.2 Å². The molecule has 1 nitrogen and oxygen atoms in total. The van der Waals surface area contributed by atoms with Crippen molar-refractivity contribution in [2.45, 2.75) is 57.3 Å². The van der Waals surface area contributed by atoms with Gasteiger partial charge in [-0.2, -0.15) is 11.8 Å². The third kappa shape index (κ3) is 3.90. The monoisotopic (exact) mass is 202 g/mol. The van der Waals surface area contributed by atoms with Crippen molar-refractivity contribution in [2.24, 2.45) is 5.92 Å². The van der Waals surface area contributed by atoms with Crippen LogP contribution in [0.3, 0.4) is 0 Å². The minimum atomic E-state index is -0.0403. The Kier molecular flexibility index (Phi) is 5.18. The summed E-state index contributed by atoms with van der Waals surface area (Å²) in [7, 11) is 0. The Labute approximate surface area is 86.3 Å². The van der Waals surface area contributed by atoms with Gasteiger partial charge in [-0.3, -0.25) is 0 Å². The summed E-state index contributed by atoms with van der Waals surface area (Å²) in [6, 6.07) is 0. The fourth-order valence-electron chi connectivity index (χ4n) is 1.86. The highest BCUT2D eigenvalue weighted by Gasteiger charge is 2.23. The SMILES string of the molecule is CCC(C)SCC(O)C1CCCC1. The molecule has 1 N–H and O–H groups in total. The van der Waals surface area contributed by atoms with Gasteiger partial charge in [-0.1, -0.05) is 26.7 Å². The summed E-state index contributed by atoms with van der Waals surface area (Å²) in [5, 5.41) is 10.6. The van der Waals surface area contributed by atoms with Crippen LogP contribution < -0.4 is 0 Å². The van der Waals surface area contributed by atoms with Crippen LogP contribution in [0.5, 0.6) is 0 Å². The molecule has 0 spiro atoms. The molecule has 13 heavy (non-hydrogen) atoms. The Morgan fingerprint density at radius 3 is 2.54 bits per heavy atom. The van der Waals surface area contributed by atoms with E-state index in [0.717, 1.165) is 5.75 Å². The van der Waals surface area contributed by atoms with E-state index in [-0.39, 0.29) is 6.10 Å². The van der Waals surface area contributed by atoms with Crippen molar-refractivity contribution < 1.29 is 5.11 Å². The van der Waals surface area contributed by atoms with Gasteiger partial charge in [-0.05, 0) is 25.2 Å². The summed E-state index contributed by atoms with van der Waals surface area (Å²) in [5.74, 6) is 1.55. The first-order chi connectivity index (χ1) is 6.24. The minimum Gasteiger partial charge on any atom is -0.392 e. The number of hydrogen-bond acceptors (Lipinski definition) is 2. The second-order valence-electron chi connectivity index (χ2n) is 4.16. The van der Waals surface area contributed by atoms with Crippen LogP contribution in [0.4, 0.5) is 0 Å². The molecule has 0 aromatic rings. The summed E-state index contributed by atoms with van der Waals surface area (Å²) >= 11 is 1.92. The molecule has 0 heterocycles. The first-order valence-electron chi connectivity index (χ1n) is 5.53. The second-order valence-corrected chi connectivity index (χ2v) is 5.64. The average Bonchev–Trinajstić information content (AvgIpc) is 2.66. The van der Waals surface area contributed by atoms with Crippen LogP contribution in [0.2, 0.25) is 0 Å². The van der Waals surface area contributed by atoms with E-state index in [2.05, 4.69) is 13.8 Å². The van der Waals surface area contributed by atoms with Crippen LogP contribution in [0, 0.1) is 5.92 Å². The van der Waals surface area contributed by atoms with Gasteiger partial charge in [0.15, 0.2) is 0 Å². The summed E-state index contributed by atoms with van der Waals surface area (Å²) in [6.45, 7) is 4.45. The molecule has 2 atom stereocenters. The molecule has 0 aromatic carbocycles. The molecule has 0 bridgehead atoms. The van der Waals surface area contributed by atoms with Crippen molar-refractivity contribution >= 4 is 11.8 Å². The molecule has 2 unspecified atom stereocenters. The Bertz CT molecular complexity index is 132. The molecule has 1 saturated carbocycles. The lowest BCUT2D eigenvalue weighted by Crippen LogP contribution is -2.21. The number of rotatable bonds is 5. The highest BCUT2D eigenvalue weighted by atomic mass is 32.2. The zero-order valence-electron chi connectivity index (χ0n) is 8.83. The number of thioether (sulfide) groups is 1. The molecular formula is C11H22OS. The molecule has 78 valence electrons. The first kappa shape index (κ1) is 11.4. The lowest BCUT2D eigenvalue weighted by atomic mass is 10.0. The number of aliphatic hydroxyl groups is 1. The predicted molar refractivity (Wildman–Crippen MR) is 60.2 cm³/mol. The van der Waals surface area contributed by atoms with Crippen LogP contribution in [-0.2, 0) is 0 Å². The zero-order valence-corrected chi connectivity index (χ0v) is 9.65. The Balaban J connectivity index is 2.12. The topological polar surface area (TPSA) is 20.2 Å². The van der Waals surface area contributed by atoms with Crippen molar-refractivity contribution in [1.82, 2.24) is 0 Å². The van der Waals surface area contributed by atoms with Crippen LogP contribution >= 0.6 is 11.8 Å². The van der Waals surface area contributed by atoms with Crippen molar-refractivity contribution in [3.63, 3.8) is 0 Å². The zero-order chi connectivity index (χ0) is 9.68. The van der Waals surface area contributed by atoms with Crippen LogP contribution in [0.15, 0.2) is 0 Å². The normalized spacial score (nSPS) is 23.3. The van der Waals surface area contributed by atoms with E-state index in [1.807, 2.05) is 11.8 Å². The standard InChI is InChI=1S/C11H22OS/c1-3-9(2)13-8-11(12)10-6-4-5-7-10/h9-12H,3-8H2,1-2H3. The third-order valence-corrected chi connectivity index (χ3v) is 4.51. The van der Waals surface area contributed by atoms with E-state index in [4.69, 9.17) is 0 Å². The molecule has 1 aliphatic rings. The molecule has 0 saturated heterocycles. The molecule has 0 aromatic heterocycles. The second kappa shape index (κ2) is 5.92. The van der Waals surface area contributed by atoms with Gasteiger partial charge in [-0.25, -0.2) is 0 Å². The van der Waals surface area contributed by atoms with E-state index in [0.29, 0.717) is 11.2 Å². The summed E-state index contributed by atoms with van der Waals surface area (Å²) in [6.07, 6.45) is 6.33. The Morgan fingerprint density at radius 2 is 2.00 bits per heavy atom. The van der Waals surface area contributed by atoms with Gasteiger partial charge < -0.3 is 5.11 Å². The lowest BCUT2D eigenvalue weighted by molar-refractivity contribution is 0.133. The van der Waals surface area contributed by atoms with E-state index < -0.39 is 0 Å². The molecule has 2 heteroatoms. The maximum Gasteiger partial charge on any atom is 0.0658 e. The smallest absolute Gasteiger partial charge is 0.0658 e. The highest BCUT2D eigenvalue weighted by Crippen LogP contribution is 2.29. The molecule has 0 amide bonds. The van der Waals surface area contributed by atoms with Gasteiger partial charge in [-0.15, -0.1) is 0 Å². The van der Waals surface area contributed by atoms with Crippen molar-refractivity contribution in [3.05, 3.63) is 0 Å². The van der Waals surface area contributed by atoms with Crippen molar-refractivity contribution in [1.29, 1.82) is 0 Å². The predicted octanol–water partition coefficient (Wildman–Crippen LogP) is 3.07. The maximum absolute atomic E-state index is 9.87. The summed E-state index contributed by atoms with van der Waals surface area (Å²) < 4.78 is 0. The maximum atomic E-state index is 9.87. The number of hydrogen-bond donors (Lipinski definition) is 1. The van der Waals surface area contributed by atoms with Gasteiger partial charge in [0.2, 0.25) is 0 Å². The largest absolute Gasteiger partial charge is 0.392 e. The van der Waals surface area contributed by atoms with Crippen molar-refractivity contribution in [3.8, 4) is 0 Å². The fraction of sp³-hybridized carbons (Fsp3) is 1.00. The average molecular weight is 202 g/mol. The van der Waals surface area contributed by atoms with Gasteiger partial charge >= 0.3 is 0 Å². The number of aliphatic hydroxyl groups excluding tert-OH is 1. The summed E-state index contributed by atoms with van der Waals surface area (Å²) in [5.41, 5.74) is 0. The molecule has 0 aliphatic heterocycles. The van der Waals surface area contributed by atoms with Crippen molar-refractivity contribution in [2.75, 3.05) is 5.75 Å². The molecule has 1 rings (SSSR count). The molecule has 0 radical (unpaired) electrons. The van der Waals surface area contributed by atoms with Gasteiger partial charge in [0.05, 0.1) is 6.10 Å². The van der Waals surface area contributed by atoms with Gasteiger partial charge in [0.1, 0.15) is 0 Å². The highest BCUT2D eigenvalue weighted by molar-refractivity contribution is 7.99. The molecular weight excluding hydrogens is 180 g/mol. The fourth-order valence-corrected chi connectivity index (χ4v) is 2.89. The van der Waals surface area contributed by atoms with Gasteiger partial charge in [0.25, 0.3) is 0 Å². The van der Waals surface area contributed by atoms with E-state index >= 15 is 0 Å². The van der Waals surface area contributed by atoms with Gasteiger partial charge in [0, 0.05) is 11.0 Å². The Hall–Kier alpha value is 0.310. The van der Waals surface area contributed by atoms with Crippen LogP contribution in [0.1, 0.15) is 46.0 Å². The minimum absolute atomic E-state index is 0.0403. The van der Waals surface area contributed by atoms with E-state index in [9.17, 15) is 5.11 Å². The molecule has 1 fully saturated rings. The quantitative estimate of drug-likeness (QED) is 0.739. The summed E-state index contributed by atoms with van der Waals surface area (Å²) in [4.78, 5) is 0. The first-order valence-corrected chi connectivity index (χ1v) is 6.58. The Morgan fingerprint density at radius 1 is 1.38 bits per heavy atom. The third-order valence-electron chi connectivity index (χ3n) is 3.07. The van der Waals surface area contributed by atoms with E-state index in [1.165, 1.54) is 32.1 Å². The van der Waals surface area contributed by atoms with E-state index in [1.54, 1.807) is 0 Å². The molecule has 1 aliphatic carbocycles. The van der Waals surface area contributed by atoms with Crippen LogP contribution in [0.25, 0.3) is 0 Å².